The molecule has 0 radical (unpaired) electrons. The third-order valence-corrected chi connectivity index (χ3v) is 5.97. The molecule has 0 fully saturated rings. The summed E-state index contributed by atoms with van der Waals surface area (Å²) in [6, 6.07) is 5.83. The lowest BCUT2D eigenvalue weighted by Gasteiger charge is -2.30. The van der Waals surface area contributed by atoms with Gasteiger partial charge in [0.1, 0.15) is 30.7 Å². The van der Waals surface area contributed by atoms with E-state index in [-0.39, 0.29) is 6.54 Å². The van der Waals surface area contributed by atoms with Crippen LogP contribution < -0.4 is 4.74 Å². The van der Waals surface area contributed by atoms with Crippen LogP contribution in [-0.2, 0) is 11.5 Å². The molecular formula is C22H39NO6S2. The van der Waals surface area contributed by atoms with Gasteiger partial charge in [0.15, 0.2) is 0 Å². The normalized spacial score (nSPS) is 15.6. The van der Waals surface area contributed by atoms with Crippen LogP contribution in [0, 0.1) is 0 Å². The maximum Gasteiger partial charge on any atom is 0.119 e. The molecule has 0 aliphatic heterocycles. The molecule has 5 N–H and O–H groups in total. The average Bonchev–Trinajstić information content (AvgIpc) is 2.79. The van der Waals surface area contributed by atoms with Gasteiger partial charge in [-0.05, 0) is 36.2 Å². The van der Waals surface area contributed by atoms with Gasteiger partial charge in [-0.3, -0.25) is 4.90 Å². The van der Waals surface area contributed by atoms with E-state index in [0.717, 1.165) is 42.6 Å². The Labute approximate surface area is 196 Å². The lowest BCUT2D eigenvalue weighted by atomic mass is 10.0. The van der Waals surface area contributed by atoms with Crippen molar-refractivity contribution in [3.63, 3.8) is 0 Å². The number of unbranched alkanes of at least 4 members (excludes halogenated alkanes) is 3. The molecule has 0 aromatic heterocycles. The number of ether oxygens (including phenoxy) is 1. The predicted molar refractivity (Wildman–Crippen MR) is 129 cm³/mol. The quantitative estimate of drug-likeness (QED) is 0.133. The summed E-state index contributed by atoms with van der Waals surface area (Å²) in [5.41, 5.74) is 2.19. The number of rotatable bonds is 17. The number of benzene rings is 1. The van der Waals surface area contributed by atoms with Crippen molar-refractivity contribution in [3.8, 4) is 5.75 Å². The van der Waals surface area contributed by atoms with E-state index in [4.69, 9.17) is 9.84 Å². The van der Waals surface area contributed by atoms with E-state index in [2.05, 4.69) is 32.2 Å². The monoisotopic (exact) mass is 477 g/mol. The highest BCUT2D eigenvalue weighted by Crippen LogP contribution is 2.21. The van der Waals surface area contributed by atoms with Gasteiger partial charge in [0, 0.05) is 24.6 Å². The molecule has 1 aromatic rings. The summed E-state index contributed by atoms with van der Waals surface area (Å²) in [4.78, 5) is 1.98. The molecule has 180 valence electrons. The van der Waals surface area contributed by atoms with Gasteiger partial charge >= 0.3 is 0 Å². The minimum atomic E-state index is -1.62. The van der Waals surface area contributed by atoms with Crippen molar-refractivity contribution >= 4 is 25.3 Å². The van der Waals surface area contributed by atoms with Crippen molar-refractivity contribution in [3.05, 3.63) is 29.3 Å². The van der Waals surface area contributed by atoms with Gasteiger partial charge in [-0.1, -0.05) is 32.3 Å². The Morgan fingerprint density at radius 2 is 1.58 bits per heavy atom. The van der Waals surface area contributed by atoms with Crippen molar-refractivity contribution in [2.24, 2.45) is 0 Å². The fourth-order valence-corrected chi connectivity index (χ4v) is 3.88. The summed E-state index contributed by atoms with van der Waals surface area (Å²) in [7, 11) is 0. The zero-order valence-electron chi connectivity index (χ0n) is 18.3. The van der Waals surface area contributed by atoms with Crippen LogP contribution in [0.4, 0.5) is 0 Å². The Hall–Kier alpha value is -0.520. The summed E-state index contributed by atoms with van der Waals surface area (Å²) in [5, 5.41) is 48.8. The molecule has 4 atom stereocenters. The lowest BCUT2D eigenvalue weighted by molar-refractivity contribution is -0.119. The standard InChI is InChI=1S/C22H39NO6S2/c1-2-3-4-5-8-23(12-19(25)21(27)22(28)20(26)13-24)9-10-29-18-7-6-16(14-30)17(11-18)15-31/h6-7,11,19-22,24-28,30-31H,2-5,8-10,12-15H2,1H3/t19-,20?,21+,22+/m0/s1. The Balaban J connectivity index is 2.66. The first-order valence-corrected chi connectivity index (χ1v) is 12.2. The molecule has 1 rings (SSSR count). The number of nitrogens with zero attached hydrogens (tertiary/aromatic N) is 1. The molecule has 0 heterocycles. The number of aliphatic hydroxyl groups is 5. The molecular weight excluding hydrogens is 438 g/mol. The van der Waals surface area contributed by atoms with E-state index < -0.39 is 31.0 Å². The van der Waals surface area contributed by atoms with Gasteiger partial charge in [0.2, 0.25) is 0 Å². The van der Waals surface area contributed by atoms with Crippen molar-refractivity contribution < 1.29 is 30.3 Å². The third-order valence-electron chi connectivity index (χ3n) is 5.29. The summed E-state index contributed by atoms with van der Waals surface area (Å²) in [6.45, 7) is 3.19. The maximum absolute atomic E-state index is 10.3. The summed E-state index contributed by atoms with van der Waals surface area (Å²) < 4.78 is 5.88. The van der Waals surface area contributed by atoms with Gasteiger partial charge in [0.05, 0.1) is 12.7 Å². The number of hydrogen-bond acceptors (Lipinski definition) is 9. The fraction of sp³-hybridized carbons (Fsp3) is 0.727. The minimum absolute atomic E-state index is 0.117. The molecule has 7 nitrogen and oxygen atoms in total. The van der Waals surface area contributed by atoms with Gasteiger partial charge in [-0.15, -0.1) is 0 Å². The highest BCUT2D eigenvalue weighted by atomic mass is 32.1. The Bertz CT molecular complexity index is 609. The number of thiol groups is 2. The van der Waals surface area contributed by atoms with Crippen LogP contribution in [0.5, 0.6) is 5.75 Å². The van der Waals surface area contributed by atoms with Gasteiger partial charge in [0.25, 0.3) is 0 Å². The van der Waals surface area contributed by atoms with E-state index in [1.54, 1.807) is 0 Å². The maximum atomic E-state index is 10.3. The lowest BCUT2D eigenvalue weighted by Crippen LogP contribution is -2.50. The second-order valence-corrected chi connectivity index (χ2v) is 8.39. The number of hydrogen-bond donors (Lipinski definition) is 7. The van der Waals surface area contributed by atoms with E-state index in [0.29, 0.717) is 31.2 Å². The molecule has 0 aliphatic rings. The topological polar surface area (TPSA) is 114 Å². The molecule has 1 aromatic carbocycles. The molecule has 0 bridgehead atoms. The van der Waals surface area contributed by atoms with E-state index in [9.17, 15) is 20.4 Å². The highest BCUT2D eigenvalue weighted by molar-refractivity contribution is 7.79. The van der Waals surface area contributed by atoms with Crippen LogP contribution in [0.1, 0.15) is 43.7 Å². The fourth-order valence-electron chi connectivity index (χ4n) is 3.28. The van der Waals surface area contributed by atoms with Crippen LogP contribution in [0.15, 0.2) is 18.2 Å². The second kappa shape index (κ2) is 16.1. The molecule has 0 spiro atoms. The van der Waals surface area contributed by atoms with Gasteiger partial charge < -0.3 is 30.3 Å². The Morgan fingerprint density at radius 3 is 2.19 bits per heavy atom. The van der Waals surface area contributed by atoms with Crippen LogP contribution in [-0.4, -0.2) is 87.7 Å². The van der Waals surface area contributed by atoms with Crippen LogP contribution >= 0.6 is 25.3 Å². The predicted octanol–water partition coefficient (Wildman–Crippen LogP) is 1.24. The number of aliphatic hydroxyl groups excluding tert-OH is 5. The first-order chi connectivity index (χ1) is 14.9. The van der Waals surface area contributed by atoms with E-state index >= 15 is 0 Å². The highest BCUT2D eigenvalue weighted by Gasteiger charge is 2.31. The van der Waals surface area contributed by atoms with Crippen LogP contribution in [0.3, 0.4) is 0 Å². The molecule has 0 saturated heterocycles. The van der Waals surface area contributed by atoms with Crippen LogP contribution in [0.2, 0.25) is 0 Å². The first kappa shape index (κ1) is 28.5. The smallest absolute Gasteiger partial charge is 0.119 e. The first-order valence-electron chi connectivity index (χ1n) is 10.9. The van der Waals surface area contributed by atoms with Crippen molar-refractivity contribution in [2.75, 3.05) is 32.8 Å². The van der Waals surface area contributed by atoms with Crippen molar-refractivity contribution in [2.45, 2.75) is 68.5 Å². The Kier molecular flexibility index (Phi) is 14.9. The van der Waals surface area contributed by atoms with E-state index in [1.165, 1.54) is 0 Å². The summed E-state index contributed by atoms with van der Waals surface area (Å²) in [5.74, 6) is 1.98. The van der Waals surface area contributed by atoms with Gasteiger partial charge in [-0.2, -0.15) is 25.3 Å². The third kappa shape index (κ3) is 10.3. The SMILES string of the molecule is CCCCCCN(CCOc1ccc(CS)c(CS)c1)C[C@H](O)[C@@H](O)[C@H](O)C(O)CO. The zero-order valence-corrected chi connectivity index (χ0v) is 20.1. The molecule has 1 unspecified atom stereocenters. The molecule has 0 saturated carbocycles. The largest absolute Gasteiger partial charge is 0.492 e. The Morgan fingerprint density at radius 1 is 0.903 bits per heavy atom. The van der Waals surface area contributed by atoms with Crippen molar-refractivity contribution in [1.82, 2.24) is 4.90 Å². The zero-order chi connectivity index (χ0) is 23.2. The van der Waals surface area contributed by atoms with Crippen LogP contribution in [0.25, 0.3) is 0 Å². The molecule has 9 heteroatoms. The van der Waals surface area contributed by atoms with E-state index in [1.807, 2.05) is 23.1 Å². The summed E-state index contributed by atoms with van der Waals surface area (Å²) in [6.07, 6.45) is -1.71. The van der Waals surface area contributed by atoms with Gasteiger partial charge in [-0.25, -0.2) is 0 Å². The molecule has 0 aliphatic carbocycles. The minimum Gasteiger partial charge on any atom is -0.492 e. The second-order valence-electron chi connectivity index (χ2n) is 7.75. The summed E-state index contributed by atoms with van der Waals surface area (Å²) >= 11 is 8.67. The molecule has 0 amide bonds. The average molecular weight is 478 g/mol. The van der Waals surface area contributed by atoms with Crippen molar-refractivity contribution in [1.29, 1.82) is 0 Å². The molecule has 31 heavy (non-hydrogen) atoms.